The van der Waals surface area contributed by atoms with E-state index >= 15 is 0 Å². The van der Waals surface area contributed by atoms with Gasteiger partial charge in [-0.05, 0) is 50.2 Å². The molecule has 148 valence electrons. The maximum atomic E-state index is 12.7. The zero-order valence-electron chi connectivity index (χ0n) is 14.8. The molecule has 4 rings (SSSR count). The van der Waals surface area contributed by atoms with E-state index in [0.29, 0.717) is 12.3 Å². The van der Waals surface area contributed by atoms with Crippen LogP contribution in [-0.4, -0.2) is 39.1 Å². The summed E-state index contributed by atoms with van der Waals surface area (Å²) in [5, 5.41) is 9.08. The number of aromatic amines is 1. The molecule has 1 amide bonds. The highest BCUT2D eigenvalue weighted by Gasteiger charge is 2.33. The molecule has 0 aliphatic carbocycles. The summed E-state index contributed by atoms with van der Waals surface area (Å²) in [6.07, 6.45) is -1.00. The molecule has 3 aromatic heterocycles. The number of carbonyl (C=O) groups is 1. The van der Waals surface area contributed by atoms with Gasteiger partial charge in [0, 0.05) is 0 Å². The molecule has 0 atom stereocenters. The van der Waals surface area contributed by atoms with Crippen molar-refractivity contribution in [3.8, 4) is 0 Å². The first-order valence-electron chi connectivity index (χ1n) is 8.95. The monoisotopic (exact) mass is 393 g/mol. The molecule has 0 spiro atoms. The molecule has 0 bridgehead atoms. The van der Waals surface area contributed by atoms with Gasteiger partial charge in [0.15, 0.2) is 17.2 Å². The van der Waals surface area contributed by atoms with Crippen molar-refractivity contribution in [1.82, 2.24) is 20.1 Å². The van der Waals surface area contributed by atoms with E-state index in [9.17, 15) is 18.0 Å². The van der Waals surface area contributed by atoms with Crippen molar-refractivity contribution >= 4 is 22.8 Å². The zero-order chi connectivity index (χ0) is 19.7. The summed E-state index contributed by atoms with van der Waals surface area (Å²) >= 11 is 0. The lowest BCUT2D eigenvalue weighted by atomic mass is 10.1. The van der Waals surface area contributed by atoms with Crippen LogP contribution in [-0.2, 0) is 12.7 Å². The molecule has 28 heavy (non-hydrogen) atoms. The van der Waals surface area contributed by atoms with Gasteiger partial charge >= 0.3 is 6.18 Å². The van der Waals surface area contributed by atoms with Gasteiger partial charge in [-0.3, -0.25) is 14.8 Å². The largest absolute Gasteiger partial charge is 0.455 e. The number of H-pyrrole nitrogens is 1. The van der Waals surface area contributed by atoms with Crippen LogP contribution in [0.4, 0.5) is 19.0 Å². The molecular weight excluding hydrogens is 375 g/mol. The Bertz CT molecular complexity index is 989. The Balaban J connectivity index is 1.46. The fourth-order valence-corrected chi connectivity index (χ4v) is 3.25. The van der Waals surface area contributed by atoms with Gasteiger partial charge < -0.3 is 9.73 Å². The number of piperidine rings is 1. The quantitative estimate of drug-likeness (QED) is 0.704. The van der Waals surface area contributed by atoms with Crippen LogP contribution in [0.5, 0.6) is 0 Å². The number of likely N-dealkylation sites (tertiary alicyclic amines) is 1. The third-order valence-electron chi connectivity index (χ3n) is 4.66. The first kappa shape index (κ1) is 18.5. The van der Waals surface area contributed by atoms with Crippen LogP contribution in [0, 0.1) is 0 Å². The number of aromatic nitrogens is 3. The molecule has 3 aromatic rings. The minimum atomic E-state index is -4.55. The number of hydrogen-bond donors (Lipinski definition) is 2. The van der Waals surface area contributed by atoms with Crippen molar-refractivity contribution in [3.63, 3.8) is 0 Å². The van der Waals surface area contributed by atoms with Crippen molar-refractivity contribution in [3.05, 3.63) is 41.5 Å². The average molecular weight is 393 g/mol. The maximum absolute atomic E-state index is 12.7. The summed E-state index contributed by atoms with van der Waals surface area (Å²) < 4.78 is 43.8. The average Bonchev–Trinajstić information content (AvgIpc) is 3.29. The summed E-state index contributed by atoms with van der Waals surface area (Å²) in [6.45, 7) is 2.66. The summed E-state index contributed by atoms with van der Waals surface area (Å²) in [7, 11) is 0. The third-order valence-corrected chi connectivity index (χ3v) is 4.66. The number of nitrogens with one attached hydrogen (secondary N) is 2. The molecule has 1 saturated heterocycles. The second-order valence-electron chi connectivity index (χ2n) is 6.72. The first-order valence-corrected chi connectivity index (χ1v) is 8.95. The number of carbonyl (C=O) groups excluding carboxylic acids is 1. The number of anilines is 1. The van der Waals surface area contributed by atoms with Crippen molar-refractivity contribution in [2.24, 2.45) is 0 Å². The Hall–Kier alpha value is -2.88. The first-order chi connectivity index (χ1) is 13.4. The molecule has 2 N–H and O–H groups in total. The highest BCUT2D eigenvalue weighted by atomic mass is 19.4. The summed E-state index contributed by atoms with van der Waals surface area (Å²) in [5.41, 5.74) is -1.09. The van der Waals surface area contributed by atoms with Crippen LogP contribution < -0.4 is 5.32 Å². The van der Waals surface area contributed by atoms with Crippen LogP contribution >= 0.6 is 0 Å². The van der Waals surface area contributed by atoms with Crippen LogP contribution in [0.3, 0.4) is 0 Å². The maximum Gasteiger partial charge on any atom is 0.433 e. The van der Waals surface area contributed by atoms with Crippen LogP contribution in [0.1, 0.15) is 41.3 Å². The predicted octanol–water partition coefficient (Wildman–Crippen LogP) is 3.81. The Morgan fingerprint density at radius 1 is 1.18 bits per heavy atom. The molecule has 7 nitrogen and oxygen atoms in total. The number of halogens is 3. The number of amides is 1. The highest BCUT2D eigenvalue weighted by Crippen LogP contribution is 2.30. The fourth-order valence-electron chi connectivity index (χ4n) is 3.25. The van der Waals surface area contributed by atoms with Gasteiger partial charge in [0.05, 0.1) is 11.9 Å². The number of rotatable bonds is 4. The van der Waals surface area contributed by atoms with Crippen molar-refractivity contribution in [2.75, 3.05) is 18.4 Å². The Labute approximate surface area is 157 Å². The van der Waals surface area contributed by atoms with E-state index in [1.54, 1.807) is 12.1 Å². The molecule has 0 aromatic carbocycles. The van der Waals surface area contributed by atoms with Crippen molar-refractivity contribution < 1.29 is 22.4 Å². The number of nitrogens with zero attached hydrogens (tertiary/aromatic N) is 3. The molecule has 1 fully saturated rings. The van der Waals surface area contributed by atoms with Gasteiger partial charge in [0.25, 0.3) is 5.91 Å². The number of alkyl halides is 3. The normalized spacial score (nSPS) is 15.8. The van der Waals surface area contributed by atoms with Crippen LogP contribution in [0.15, 0.2) is 28.7 Å². The van der Waals surface area contributed by atoms with E-state index < -0.39 is 17.8 Å². The second kappa shape index (κ2) is 7.27. The van der Waals surface area contributed by atoms with Gasteiger partial charge in [-0.1, -0.05) is 6.42 Å². The summed E-state index contributed by atoms with van der Waals surface area (Å²) in [4.78, 5) is 18.2. The second-order valence-corrected chi connectivity index (χ2v) is 6.72. The Morgan fingerprint density at radius 2 is 1.96 bits per heavy atom. The van der Waals surface area contributed by atoms with Crippen LogP contribution in [0.2, 0.25) is 0 Å². The minimum Gasteiger partial charge on any atom is -0.455 e. The molecule has 1 aliphatic rings. The highest BCUT2D eigenvalue weighted by molar-refractivity contribution is 6.05. The van der Waals surface area contributed by atoms with E-state index in [-0.39, 0.29) is 22.6 Å². The number of pyridine rings is 1. The summed E-state index contributed by atoms with van der Waals surface area (Å²) in [6, 6.07) is 5.39. The number of furan rings is 1. The fraction of sp³-hybridized carbons (Fsp3) is 0.389. The van der Waals surface area contributed by atoms with E-state index in [4.69, 9.17) is 4.42 Å². The molecule has 0 unspecified atom stereocenters. The molecule has 1 aliphatic heterocycles. The standard InChI is InChI=1S/C18H18F3N5O2/c19-18(20,21)14-7-5-12-15(22-14)24-25-16(12)23-17(27)13-6-4-11(28-13)10-26-8-2-1-3-9-26/h4-7H,1-3,8-10H2,(H2,22,23,24,25,27). The van der Waals surface area contributed by atoms with Crippen molar-refractivity contribution in [1.29, 1.82) is 0 Å². The van der Waals surface area contributed by atoms with Gasteiger partial charge in [-0.25, -0.2) is 4.98 Å². The SMILES string of the molecule is O=C(Nc1n[nH]c2nc(C(F)(F)F)ccc12)c1ccc(CN2CCCCC2)o1. The number of fused-ring (bicyclic) bond motifs is 1. The lowest BCUT2D eigenvalue weighted by Gasteiger charge is -2.25. The van der Waals surface area contributed by atoms with Gasteiger partial charge in [-0.15, -0.1) is 0 Å². The molecule has 4 heterocycles. The predicted molar refractivity (Wildman–Crippen MR) is 94.7 cm³/mol. The third kappa shape index (κ3) is 3.86. The number of hydrogen-bond acceptors (Lipinski definition) is 5. The summed E-state index contributed by atoms with van der Waals surface area (Å²) in [5.74, 6) is 0.367. The lowest BCUT2D eigenvalue weighted by molar-refractivity contribution is -0.141. The Morgan fingerprint density at radius 3 is 2.71 bits per heavy atom. The van der Waals surface area contributed by atoms with Crippen LogP contribution in [0.25, 0.3) is 11.0 Å². The van der Waals surface area contributed by atoms with E-state index in [2.05, 4.69) is 25.4 Å². The van der Waals surface area contributed by atoms with Crippen molar-refractivity contribution in [2.45, 2.75) is 32.0 Å². The Kier molecular flexibility index (Phi) is 4.80. The molecule has 10 heteroatoms. The molecule has 0 saturated carbocycles. The zero-order valence-corrected chi connectivity index (χ0v) is 14.8. The van der Waals surface area contributed by atoms with Gasteiger partial charge in [0.1, 0.15) is 11.5 Å². The topological polar surface area (TPSA) is 87.0 Å². The van der Waals surface area contributed by atoms with Gasteiger partial charge in [-0.2, -0.15) is 18.3 Å². The molecular formula is C18H18F3N5O2. The van der Waals surface area contributed by atoms with E-state index in [1.165, 1.54) is 12.5 Å². The van der Waals surface area contributed by atoms with E-state index in [1.807, 2.05) is 0 Å². The minimum absolute atomic E-state index is 0.0599. The lowest BCUT2D eigenvalue weighted by Crippen LogP contribution is -2.28. The van der Waals surface area contributed by atoms with E-state index in [0.717, 1.165) is 32.0 Å². The van der Waals surface area contributed by atoms with Gasteiger partial charge in [0.2, 0.25) is 0 Å². The molecule has 0 radical (unpaired) electrons. The smallest absolute Gasteiger partial charge is 0.433 e.